The number of carboxylic acid groups (broad SMARTS) is 1. The molecule has 1 aromatic heterocycles. The van der Waals surface area contributed by atoms with Gasteiger partial charge in [0.15, 0.2) is 0 Å². The highest BCUT2D eigenvalue weighted by Gasteiger charge is 2.44. The molecule has 0 amide bonds. The van der Waals surface area contributed by atoms with E-state index < -0.39 is 5.97 Å². The van der Waals surface area contributed by atoms with Crippen LogP contribution in [0, 0.1) is 5.41 Å². The second-order valence-electron chi connectivity index (χ2n) is 4.45. The van der Waals surface area contributed by atoms with Crippen molar-refractivity contribution in [3.8, 4) is 0 Å². The van der Waals surface area contributed by atoms with E-state index in [0.29, 0.717) is 13.2 Å². The van der Waals surface area contributed by atoms with Gasteiger partial charge >= 0.3 is 5.97 Å². The van der Waals surface area contributed by atoms with Gasteiger partial charge in [0, 0.05) is 16.7 Å². The number of ether oxygens (including phenoxy) is 1. The molecule has 0 bridgehead atoms. The topological polar surface area (TPSA) is 46.5 Å². The number of rotatable bonds is 7. The molecular weight excluding hydrogens is 224 g/mol. The van der Waals surface area contributed by atoms with Crippen molar-refractivity contribution in [3.05, 3.63) is 22.4 Å². The molecule has 0 aromatic carbocycles. The van der Waals surface area contributed by atoms with E-state index in [-0.39, 0.29) is 11.8 Å². The SMILES string of the molecule is O=C(O)CC1(COCCc2cccs2)CC1. The third kappa shape index (κ3) is 3.32. The van der Waals surface area contributed by atoms with Crippen molar-refractivity contribution in [1.29, 1.82) is 0 Å². The maximum atomic E-state index is 10.6. The van der Waals surface area contributed by atoms with Crippen LogP contribution in [0.3, 0.4) is 0 Å². The van der Waals surface area contributed by atoms with Crippen LogP contribution in [0.1, 0.15) is 24.1 Å². The van der Waals surface area contributed by atoms with E-state index in [2.05, 4.69) is 11.4 Å². The van der Waals surface area contributed by atoms with Crippen molar-refractivity contribution in [1.82, 2.24) is 0 Å². The van der Waals surface area contributed by atoms with Gasteiger partial charge in [-0.15, -0.1) is 11.3 Å². The maximum Gasteiger partial charge on any atom is 0.303 e. The second-order valence-corrected chi connectivity index (χ2v) is 5.48. The summed E-state index contributed by atoms with van der Waals surface area (Å²) >= 11 is 1.73. The first-order chi connectivity index (χ1) is 7.70. The molecule has 16 heavy (non-hydrogen) atoms. The van der Waals surface area contributed by atoms with E-state index in [0.717, 1.165) is 19.3 Å². The number of thiophene rings is 1. The van der Waals surface area contributed by atoms with Crippen molar-refractivity contribution < 1.29 is 14.6 Å². The van der Waals surface area contributed by atoms with E-state index in [9.17, 15) is 4.79 Å². The van der Waals surface area contributed by atoms with Crippen molar-refractivity contribution in [2.24, 2.45) is 5.41 Å². The zero-order valence-corrected chi connectivity index (χ0v) is 9.96. The summed E-state index contributed by atoms with van der Waals surface area (Å²) in [5.74, 6) is -0.709. The molecule has 0 atom stereocenters. The first-order valence-corrected chi connectivity index (χ1v) is 6.40. The third-order valence-corrected chi connectivity index (χ3v) is 3.90. The third-order valence-electron chi connectivity index (χ3n) is 2.96. The van der Waals surface area contributed by atoms with Gasteiger partial charge in [0.1, 0.15) is 0 Å². The number of carboxylic acids is 1. The van der Waals surface area contributed by atoms with Crippen molar-refractivity contribution in [3.63, 3.8) is 0 Å². The first kappa shape index (κ1) is 11.6. The molecule has 3 nitrogen and oxygen atoms in total. The predicted molar refractivity (Wildman–Crippen MR) is 62.8 cm³/mol. The summed E-state index contributed by atoms with van der Waals surface area (Å²) in [6, 6.07) is 4.13. The smallest absolute Gasteiger partial charge is 0.303 e. The minimum absolute atomic E-state index is 0.0404. The molecule has 2 rings (SSSR count). The zero-order chi connectivity index (χ0) is 11.4. The summed E-state index contributed by atoms with van der Waals surface area (Å²) in [7, 11) is 0. The molecule has 1 N–H and O–H groups in total. The highest BCUT2D eigenvalue weighted by atomic mass is 32.1. The van der Waals surface area contributed by atoms with Crippen LogP contribution in [0.15, 0.2) is 17.5 Å². The molecule has 1 aliphatic rings. The van der Waals surface area contributed by atoms with Crippen LogP contribution in [0.5, 0.6) is 0 Å². The average molecular weight is 240 g/mol. The van der Waals surface area contributed by atoms with E-state index >= 15 is 0 Å². The lowest BCUT2D eigenvalue weighted by Crippen LogP contribution is -2.16. The molecule has 1 saturated carbocycles. The van der Waals surface area contributed by atoms with Gasteiger partial charge in [-0.1, -0.05) is 6.07 Å². The number of carbonyl (C=O) groups is 1. The normalized spacial score (nSPS) is 17.2. The molecule has 0 saturated heterocycles. The molecule has 88 valence electrons. The fourth-order valence-electron chi connectivity index (χ4n) is 1.79. The Hall–Kier alpha value is -0.870. The Bertz CT molecular complexity index is 341. The highest BCUT2D eigenvalue weighted by Crippen LogP contribution is 2.48. The predicted octanol–water partition coefficient (Wildman–Crippen LogP) is 2.56. The molecule has 1 aliphatic carbocycles. The fourth-order valence-corrected chi connectivity index (χ4v) is 2.48. The highest BCUT2D eigenvalue weighted by molar-refractivity contribution is 7.09. The van der Waals surface area contributed by atoms with E-state index in [1.165, 1.54) is 4.88 Å². The molecule has 0 spiro atoms. The Morgan fingerprint density at radius 2 is 2.38 bits per heavy atom. The minimum atomic E-state index is -0.709. The summed E-state index contributed by atoms with van der Waals surface area (Å²) in [5.41, 5.74) is -0.0404. The zero-order valence-electron chi connectivity index (χ0n) is 9.15. The van der Waals surface area contributed by atoms with E-state index in [1.807, 2.05) is 6.07 Å². The van der Waals surface area contributed by atoms with Crippen LogP contribution in [0.4, 0.5) is 0 Å². The molecule has 4 heteroatoms. The summed E-state index contributed by atoms with van der Waals surface area (Å²) in [6.07, 6.45) is 3.18. The Morgan fingerprint density at radius 1 is 1.56 bits per heavy atom. The molecule has 1 aromatic rings. The molecule has 1 heterocycles. The monoisotopic (exact) mass is 240 g/mol. The van der Waals surface area contributed by atoms with E-state index in [4.69, 9.17) is 9.84 Å². The van der Waals surface area contributed by atoms with Crippen molar-refractivity contribution >= 4 is 17.3 Å². The lowest BCUT2D eigenvalue weighted by molar-refractivity contribution is -0.139. The quantitative estimate of drug-likeness (QED) is 0.745. The first-order valence-electron chi connectivity index (χ1n) is 5.52. The molecule has 0 aliphatic heterocycles. The number of hydrogen-bond acceptors (Lipinski definition) is 3. The summed E-state index contributed by atoms with van der Waals surface area (Å²) in [6.45, 7) is 1.30. The maximum absolute atomic E-state index is 10.6. The van der Waals surface area contributed by atoms with Crippen molar-refractivity contribution in [2.45, 2.75) is 25.7 Å². The van der Waals surface area contributed by atoms with Crippen LogP contribution in [0.25, 0.3) is 0 Å². The standard InChI is InChI=1S/C12H16O3S/c13-11(14)8-12(4-5-12)9-15-6-3-10-2-1-7-16-10/h1-2,7H,3-6,8-9H2,(H,13,14). The van der Waals surface area contributed by atoms with Gasteiger partial charge in [0.05, 0.1) is 19.6 Å². The molecule has 1 fully saturated rings. The Morgan fingerprint density at radius 3 is 2.94 bits per heavy atom. The van der Waals surface area contributed by atoms with Crippen LogP contribution < -0.4 is 0 Å². The Balaban J connectivity index is 1.63. The van der Waals surface area contributed by atoms with Crippen LogP contribution >= 0.6 is 11.3 Å². The van der Waals surface area contributed by atoms with Gasteiger partial charge in [-0.2, -0.15) is 0 Å². The average Bonchev–Trinajstić information content (AvgIpc) is 2.79. The number of aliphatic carboxylic acids is 1. The minimum Gasteiger partial charge on any atom is -0.481 e. The molecular formula is C12H16O3S. The van der Waals surface area contributed by atoms with Gasteiger partial charge < -0.3 is 9.84 Å². The second kappa shape index (κ2) is 4.97. The van der Waals surface area contributed by atoms with Gasteiger partial charge in [0.2, 0.25) is 0 Å². The van der Waals surface area contributed by atoms with Crippen LogP contribution in [-0.2, 0) is 16.0 Å². The van der Waals surface area contributed by atoms with Gasteiger partial charge in [-0.25, -0.2) is 0 Å². The Kier molecular flexibility index (Phi) is 3.61. The Labute approximate surface area is 99.1 Å². The summed E-state index contributed by atoms with van der Waals surface area (Å²) in [5, 5.41) is 10.8. The lowest BCUT2D eigenvalue weighted by Gasteiger charge is -2.12. The summed E-state index contributed by atoms with van der Waals surface area (Å²) in [4.78, 5) is 11.9. The lowest BCUT2D eigenvalue weighted by atomic mass is 10.0. The van der Waals surface area contributed by atoms with Gasteiger partial charge in [-0.05, 0) is 24.3 Å². The fraction of sp³-hybridized carbons (Fsp3) is 0.583. The van der Waals surface area contributed by atoms with E-state index in [1.54, 1.807) is 11.3 Å². The molecule has 0 unspecified atom stereocenters. The largest absolute Gasteiger partial charge is 0.481 e. The summed E-state index contributed by atoms with van der Waals surface area (Å²) < 4.78 is 5.58. The molecule has 0 radical (unpaired) electrons. The van der Waals surface area contributed by atoms with Gasteiger partial charge in [0.25, 0.3) is 0 Å². The van der Waals surface area contributed by atoms with Crippen LogP contribution in [0.2, 0.25) is 0 Å². The van der Waals surface area contributed by atoms with Crippen molar-refractivity contribution in [2.75, 3.05) is 13.2 Å². The number of hydrogen-bond donors (Lipinski definition) is 1. The van der Waals surface area contributed by atoms with Crippen LogP contribution in [-0.4, -0.2) is 24.3 Å². The van der Waals surface area contributed by atoms with Gasteiger partial charge in [-0.3, -0.25) is 4.79 Å².